The zero-order valence-electron chi connectivity index (χ0n) is 19.7. The molecule has 1 fully saturated rings. The zero-order chi connectivity index (χ0) is 24.6. The minimum atomic E-state index is -3.84. The maximum atomic E-state index is 13.5. The molecule has 2 aromatic rings. The van der Waals surface area contributed by atoms with Crippen LogP contribution in [0.1, 0.15) is 31.2 Å². The number of methoxy groups -OCH3 is 1. The number of primary amides is 1. The van der Waals surface area contributed by atoms with Gasteiger partial charge in [-0.25, -0.2) is 13.2 Å². The van der Waals surface area contributed by atoms with Gasteiger partial charge in [0, 0.05) is 26.2 Å². The fourth-order valence-electron chi connectivity index (χ4n) is 4.40. The number of hydrogen-bond donors (Lipinski definition) is 2. The van der Waals surface area contributed by atoms with Crippen molar-refractivity contribution < 1.29 is 23.1 Å². The minimum Gasteiger partial charge on any atom is -0.497 e. The van der Waals surface area contributed by atoms with Crippen LogP contribution in [-0.4, -0.2) is 68.2 Å². The lowest BCUT2D eigenvalue weighted by molar-refractivity contribution is 0.103. The van der Waals surface area contributed by atoms with Crippen LogP contribution >= 0.6 is 0 Å². The van der Waals surface area contributed by atoms with Crippen LogP contribution in [0.3, 0.4) is 0 Å². The highest BCUT2D eigenvalue weighted by Crippen LogP contribution is 2.28. The molecular formula is C25H35N3O5S. The van der Waals surface area contributed by atoms with Gasteiger partial charge in [0.05, 0.1) is 18.1 Å². The summed E-state index contributed by atoms with van der Waals surface area (Å²) in [6, 6.07) is 15.3. The van der Waals surface area contributed by atoms with Gasteiger partial charge in [0.15, 0.2) is 0 Å². The molecule has 2 amide bonds. The third-order valence-electron chi connectivity index (χ3n) is 6.30. The first-order chi connectivity index (χ1) is 16.3. The molecule has 8 nitrogen and oxygen atoms in total. The fourth-order valence-corrected chi connectivity index (χ4v) is 5.95. The van der Waals surface area contributed by atoms with Crippen LogP contribution in [0.2, 0.25) is 0 Å². The average molecular weight is 490 g/mol. The zero-order valence-corrected chi connectivity index (χ0v) is 20.5. The van der Waals surface area contributed by atoms with E-state index in [2.05, 4.69) is 0 Å². The highest BCUT2D eigenvalue weighted by atomic mass is 32.2. The van der Waals surface area contributed by atoms with Crippen LogP contribution in [0.5, 0.6) is 5.75 Å². The number of ether oxygens (including phenoxy) is 1. The van der Waals surface area contributed by atoms with Gasteiger partial charge in [0.1, 0.15) is 5.75 Å². The maximum Gasteiger partial charge on any atom is 0.314 e. The number of rotatable bonds is 12. The van der Waals surface area contributed by atoms with Crippen LogP contribution in [-0.2, 0) is 16.4 Å². The first kappa shape index (κ1) is 26.0. The van der Waals surface area contributed by atoms with Gasteiger partial charge in [-0.3, -0.25) is 0 Å². The number of aliphatic hydroxyl groups is 1. The Morgan fingerprint density at radius 3 is 2.32 bits per heavy atom. The lowest BCUT2D eigenvalue weighted by Gasteiger charge is -2.29. The summed E-state index contributed by atoms with van der Waals surface area (Å²) in [5.74, 6) is 0.822. The Kier molecular flexibility index (Phi) is 9.32. The van der Waals surface area contributed by atoms with Crippen LogP contribution in [0.15, 0.2) is 59.5 Å². The van der Waals surface area contributed by atoms with Crippen molar-refractivity contribution in [1.29, 1.82) is 0 Å². The molecule has 34 heavy (non-hydrogen) atoms. The van der Waals surface area contributed by atoms with Crippen molar-refractivity contribution in [2.45, 2.75) is 43.1 Å². The summed E-state index contributed by atoms with van der Waals surface area (Å²) < 4.78 is 33.4. The van der Waals surface area contributed by atoms with Crippen molar-refractivity contribution in [3.05, 3.63) is 60.2 Å². The summed E-state index contributed by atoms with van der Waals surface area (Å²) in [7, 11) is -2.31. The molecule has 0 aliphatic heterocycles. The lowest BCUT2D eigenvalue weighted by atomic mass is 10.1. The van der Waals surface area contributed by atoms with E-state index in [0.717, 1.165) is 31.2 Å². The smallest absolute Gasteiger partial charge is 0.314 e. The van der Waals surface area contributed by atoms with Crippen molar-refractivity contribution in [3.63, 3.8) is 0 Å². The first-order valence-corrected chi connectivity index (χ1v) is 13.1. The molecule has 1 aliphatic carbocycles. The maximum absolute atomic E-state index is 13.5. The number of carbonyl (C=O) groups is 1. The molecule has 1 saturated carbocycles. The monoisotopic (exact) mass is 489 g/mol. The molecule has 0 saturated heterocycles. The van der Waals surface area contributed by atoms with Crippen molar-refractivity contribution in [2.24, 2.45) is 11.7 Å². The molecule has 2 aromatic carbocycles. The van der Waals surface area contributed by atoms with Crippen molar-refractivity contribution in [3.8, 4) is 5.75 Å². The molecule has 1 atom stereocenters. The second-order valence-corrected chi connectivity index (χ2v) is 10.8. The summed E-state index contributed by atoms with van der Waals surface area (Å²) in [5, 5.41) is 10.8. The van der Waals surface area contributed by atoms with Gasteiger partial charge in [-0.1, -0.05) is 43.2 Å². The van der Waals surface area contributed by atoms with Crippen molar-refractivity contribution >= 4 is 16.1 Å². The van der Waals surface area contributed by atoms with Crippen molar-refractivity contribution in [1.82, 2.24) is 9.21 Å². The van der Waals surface area contributed by atoms with Crippen LogP contribution in [0, 0.1) is 5.92 Å². The van der Waals surface area contributed by atoms with Crippen molar-refractivity contribution in [2.75, 3.05) is 33.3 Å². The van der Waals surface area contributed by atoms with Gasteiger partial charge in [0.25, 0.3) is 0 Å². The van der Waals surface area contributed by atoms with E-state index in [1.165, 1.54) is 28.4 Å². The molecule has 0 radical (unpaired) electrons. The number of carbonyl (C=O) groups excluding carboxylic acids is 1. The second-order valence-electron chi connectivity index (χ2n) is 8.82. The third-order valence-corrected chi connectivity index (χ3v) is 8.15. The summed E-state index contributed by atoms with van der Waals surface area (Å²) in [6.45, 7) is 0.526. The summed E-state index contributed by atoms with van der Waals surface area (Å²) >= 11 is 0. The van der Waals surface area contributed by atoms with E-state index in [0.29, 0.717) is 25.3 Å². The Balaban J connectivity index is 1.71. The molecule has 9 heteroatoms. The van der Waals surface area contributed by atoms with Gasteiger partial charge >= 0.3 is 6.03 Å². The Hall–Kier alpha value is -2.62. The number of nitrogens with zero attached hydrogens (tertiary/aromatic N) is 2. The molecule has 186 valence electrons. The summed E-state index contributed by atoms with van der Waals surface area (Å²) in [5.41, 5.74) is 6.60. The molecule has 0 spiro atoms. The predicted molar refractivity (Wildman–Crippen MR) is 131 cm³/mol. The van der Waals surface area contributed by atoms with E-state index < -0.39 is 22.2 Å². The number of amides is 2. The van der Waals surface area contributed by atoms with Gasteiger partial charge in [-0.2, -0.15) is 4.31 Å². The number of hydrogen-bond acceptors (Lipinski definition) is 5. The molecule has 0 bridgehead atoms. The summed E-state index contributed by atoms with van der Waals surface area (Å²) in [4.78, 5) is 13.5. The molecular weight excluding hydrogens is 454 g/mol. The van der Waals surface area contributed by atoms with E-state index in [4.69, 9.17) is 10.5 Å². The molecule has 0 unspecified atom stereocenters. The number of aliphatic hydroxyl groups excluding tert-OH is 1. The largest absolute Gasteiger partial charge is 0.497 e. The number of urea groups is 1. The second kappa shape index (κ2) is 12.2. The Morgan fingerprint density at radius 2 is 1.74 bits per heavy atom. The Bertz CT molecular complexity index is 1010. The number of nitrogens with two attached hydrogens (primary N) is 1. The van der Waals surface area contributed by atoms with Crippen LogP contribution in [0.4, 0.5) is 4.79 Å². The van der Waals surface area contributed by atoms with Gasteiger partial charge < -0.3 is 20.5 Å². The number of sulfonamides is 1. The molecule has 3 N–H and O–H groups in total. The van der Waals surface area contributed by atoms with E-state index in [1.807, 2.05) is 30.3 Å². The summed E-state index contributed by atoms with van der Waals surface area (Å²) in [6.07, 6.45) is 3.62. The molecule has 0 aromatic heterocycles. The molecule has 0 heterocycles. The quantitative estimate of drug-likeness (QED) is 0.476. The van der Waals surface area contributed by atoms with E-state index in [-0.39, 0.29) is 23.9 Å². The van der Waals surface area contributed by atoms with Gasteiger partial charge in [-0.15, -0.1) is 0 Å². The number of benzene rings is 2. The van der Waals surface area contributed by atoms with Gasteiger partial charge in [0.2, 0.25) is 10.0 Å². The third kappa shape index (κ3) is 7.19. The molecule has 3 rings (SSSR count). The topological polar surface area (TPSA) is 113 Å². The van der Waals surface area contributed by atoms with E-state index >= 15 is 0 Å². The fraction of sp³-hybridized carbons (Fsp3) is 0.480. The lowest BCUT2D eigenvalue weighted by Crippen LogP contribution is -2.47. The van der Waals surface area contributed by atoms with E-state index in [9.17, 15) is 18.3 Å². The Labute approximate surface area is 202 Å². The van der Waals surface area contributed by atoms with Crippen LogP contribution in [0.25, 0.3) is 0 Å². The predicted octanol–water partition coefficient (Wildman–Crippen LogP) is 2.86. The highest BCUT2D eigenvalue weighted by Gasteiger charge is 2.31. The molecule has 1 aliphatic rings. The standard InChI is InChI=1S/C25H35N3O5S/c1-33-23-11-13-24(14-12-23)34(31,32)28(17-21-9-5-6-10-21)19-22(29)18-27(25(26)30)16-15-20-7-3-2-4-8-20/h2-4,7-8,11-14,21-22,29H,5-6,9-10,15-19H2,1H3,(H2,26,30)/t22-/m0/s1. The SMILES string of the molecule is COc1ccc(S(=O)(=O)N(CC2CCCC2)C[C@@H](O)CN(CCc2ccccc2)C(N)=O)cc1. The normalized spacial score (nSPS) is 15.4. The minimum absolute atomic E-state index is 0.0402. The van der Waals surface area contributed by atoms with Gasteiger partial charge in [-0.05, 0) is 55.0 Å². The van der Waals surface area contributed by atoms with E-state index in [1.54, 1.807) is 12.1 Å². The highest BCUT2D eigenvalue weighted by molar-refractivity contribution is 7.89. The van der Waals surface area contributed by atoms with Crippen LogP contribution < -0.4 is 10.5 Å². The first-order valence-electron chi connectivity index (χ1n) is 11.7. The Morgan fingerprint density at radius 1 is 1.09 bits per heavy atom. The average Bonchev–Trinajstić information content (AvgIpc) is 3.35.